The molecule has 0 atom stereocenters. The summed E-state index contributed by atoms with van der Waals surface area (Å²) in [5.41, 5.74) is -0.0252. The molecule has 1 heterocycles. The Bertz CT molecular complexity index is 235. The van der Waals surface area contributed by atoms with E-state index in [4.69, 9.17) is 0 Å². The fourth-order valence-electron chi connectivity index (χ4n) is 3.20. The van der Waals surface area contributed by atoms with Crippen LogP contribution in [0.5, 0.6) is 0 Å². The molecule has 2 nitrogen and oxygen atoms in total. The first-order chi connectivity index (χ1) is 7.72. The number of amides is 1. The lowest BCUT2D eigenvalue weighted by Gasteiger charge is -2.36. The van der Waals surface area contributed by atoms with Gasteiger partial charge in [-0.1, -0.05) is 39.0 Å². The van der Waals surface area contributed by atoms with E-state index in [2.05, 4.69) is 11.8 Å². The Morgan fingerprint density at radius 1 is 0.875 bits per heavy atom. The maximum atomic E-state index is 12.6. The van der Waals surface area contributed by atoms with E-state index in [-0.39, 0.29) is 5.41 Å². The van der Waals surface area contributed by atoms with Gasteiger partial charge >= 0.3 is 0 Å². The molecule has 0 aromatic carbocycles. The van der Waals surface area contributed by atoms with Crippen LogP contribution < -0.4 is 0 Å². The lowest BCUT2D eigenvalue weighted by molar-refractivity contribution is -0.143. The van der Waals surface area contributed by atoms with Crippen molar-refractivity contribution in [2.75, 3.05) is 13.1 Å². The first-order valence-corrected chi connectivity index (χ1v) is 7.02. The average molecular weight is 223 g/mol. The second-order valence-electron chi connectivity index (χ2n) is 5.83. The van der Waals surface area contributed by atoms with Crippen molar-refractivity contribution in [1.82, 2.24) is 4.90 Å². The van der Waals surface area contributed by atoms with Crippen LogP contribution in [-0.4, -0.2) is 23.9 Å². The molecule has 1 saturated carbocycles. The molecule has 2 aliphatic rings. The first-order valence-electron chi connectivity index (χ1n) is 7.02. The van der Waals surface area contributed by atoms with Gasteiger partial charge in [-0.3, -0.25) is 4.79 Å². The quantitative estimate of drug-likeness (QED) is 0.667. The Labute approximate surface area is 99.4 Å². The van der Waals surface area contributed by atoms with Crippen molar-refractivity contribution in [1.29, 1.82) is 0 Å². The van der Waals surface area contributed by atoms with Gasteiger partial charge in [0.2, 0.25) is 5.91 Å². The summed E-state index contributed by atoms with van der Waals surface area (Å²) in [6.45, 7) is 4.21. The van der Waals surface area contributed by atoms with Crippen LogP contribution in [0.1, 0.15) is 64.7 Å². The molecule has 0 aromatic rings. The second-order valence-corrected chi connectivity index (χ2v) is 5.83. The van der Waals surface area contributed by atoms with Gasteiger partial charge < -0.3 is 4.90 Å². The zero-order chi connectivity index (χ0) is 11.4. The minimum absolute atomic E-state index is 0.0252. The topological polar surface area (TPSA) is 20.3 Å². The molecular formula is C14H25NO. The number of rotatable bonds is 1. The Balaban J connectivity index is 1.98. The maximum absolute atomic E-state index is 12.6. The Morgan fingerprint density at radius 3 is 1.94 bits per heavy atom. The summed E-state index contributed by atoms with van der Waals surface area (Å²) in [6.07, 6.45) is 11.1. The third kappa shape index (κ3) is 2.58. The van der Waals surface area contributed by atoms with E-state index in [1.807, 2.05) is 0 Å². The number of carbonyl (C=O) groups is 1. The summed E-state index contributed by atoms with van der Waals surface area (Å²) in [5, 5.41) is 0. The monoisotopic (exact) mass is 223 g/mol. The molecule has 0 spiro atoms. The van der Waals surface area contributed by atoms with Crippen molar-refractivity contribution in [3.8, 4) is 0 Å². The standard InChI is InChI=1S/C14H25NO/c1-14(9-5-4-6-10-14)13(16)15-11-7-2-3-8-12-15/h2-12H2,1H3. The van der Waals surface area contributed by atoms with E-state index in [0.717, 1.165) is 25.9 Å². The highest BCUT2D eigenvalue weighted by Crippen LogP contribution is 2.37. The molecule has 16 heavy (non-hydrogen) atoms. The summed E-state index contributed by atoms with van der Waals surface area (Å²) in [5.74, 6) is 0.453. The number of hydrogen-bond acceptors (Lipinski definition) is 1. The van der Waals surface area contributed by atoms with Crippen LogP contribution in [0.15, 0.2) is 0 Å². The van der Waals surface area contributed by atoms with Crippen LogP contribution in [0, 0.1) is 5.41 Å². The average Bonchev–Trinajstić information content (AvgIpc) is 2.57. The molecule has 1 aliphatic carbocycles. The van der Waals surface area contributed by atoms with Gasteiger partial charge in [0.25, 0.3) is 0 Å². The summed E-state index contributed by atoms with van der Waals surface area (Å²) >= 11 is 0. The fraction of sp³-hybridized carbons (Fsp3) is 0.929. The summed E-state index contributed by atoms with van der Waals surface area (Å²) in [6, 6.07) is 0. The normalized spacial score (nSPS) is 26.2. The molecule has 1 amide bonds. The van der Waals surface area contributed by atoms with E-state index in [1.165, 1.54) is 44.9 Å². The second kappa shape index (κ2) is 5.20. The molecule has 0 radical (unpaired) electrons. The van der Waals surface area contributed by atoms with Gasteiger partial charge in [0.15, 0.2) is 0 Å². The van der Waals surface area contributed by atoms with Gasteiger partial charge in [-0.15, -0.1) is 0 Å². The van der Waals surface area contributed by atoms with Gasteiger partial charge in [0, 0.05) is 18.5 Å². The van der Waals surface area contributed by atoms with Gasteiger partial charge in [-0.05, 0) is 25.7 Å². The molecule has 0 bridgehead atoms. The van der Waals surface area contributed by atoms with E-state index < -0.39 is 0 Å². The van der Waals surface area contributed by atoms with E-state index in [1.54, 1.807) is 0 Å². The zero-order valence-electron chi connectivity index (χ0n) is 10.6. The highest BCUT2D eigenvalue weighted by atomic mass is 16.2. The number of hydrogen-bond donors (Lipinski definition) is 0. The Hall–Kier alpha value is -0.530. The third-order valence-corrected chi connectivity index (χ3v) is 4.37. The summed E-state index contributed by atoms with van der Waals surface area (Å²) < 4.78 is 0. The van der Waals surface area contributed by atoms with Crippen molar-refractivity contribution in [3.05, 3.63) is 0 Å². The molecule has 1 saturated heterocycles. The minimum Gasteiger partial charge on any atom is -0.342 e. The molecule has 0 unspecified atom stereocenters. The molecule has 2 rings (SSSR count). The zero-order valence-corrected chi connectivity index (χ0v) is 10.6. The van der Waals surface area contributed by atoms with E-state index in [0.29, 0.717) is 5.91 Å². The predicted octanol–water partition coefficient (Wildman–Crippen LogP) is 3.36. The molecular weight excluding hydrogens is 198 g/mol. The SMILES string of the molecule is CC1(C(=O)N2CCCCCC2)CCCCC1. The molecule has 2 heteroatoms. The van der Waals surface area contributed by atoms with Gasteiger partial charge in [0.05, 0.1) is 0 Å². The number of nitrogens with zero attached hydrogens (tertiary/aromatic N) is 1. The van der Waals surface area contributed by atoms with Gasteiger partial charge in [-0.2, -0.15) is 0 Å². The van der Waals surface area contributed by atoms with Crippen molar-refractivity contribution in [2.45, 2.75) is 64.7 Å². The van der Waals surface area contributed by atoms with Gasteiger partial charge in [0.1, 0.15) is 0 Å². The van der Waals surface area contributed by atoms with Crippen LogP contribution in [-0.2, 0) is 4.79 Å². The van der Waals surface area contributed by atoms with E-state index >= 15 is 0 Å². The van der Waals surface area contributed by atoms with Crippen LogP contribution in [0.25, 0.3) is 0 Å². The molecule has 92 valence electrons. The predicted molar refractivity (Wildman–Crippen MR) is 66.2 cm³/mol. The van der Waals surface area contributed by atoms with Crippen LogP contribution in [0.4, 0.5) is 0 Å². The fourth-order valence-corrected chi connectivity index (χ4v) is 3.20. The highest BCUT2D eigenvalue weighted by molar-refractivity contribution is 5.82. The highest BCUT2D eigenvalue weighted by Gasteiger charge is 2.37. The Kier molecular flexibility index (Phi) is 3.88. The summed E-state index contributed by atoms with van der Waals surface area (Å²) in [4.78, 5) is 14.7. The lowest BCUT2D eigenvalue weighted by atomic mass is 9.74. The van der Waals surface area contributed by atoms with Crippen LogP contribution in [0.3, 0.4) is 0 Å². The van der Waals surface area contributed by atoms with Crippen molar-refractivity contribution < 1.29 is 4.79 Å². The number of likely N-dealkylation sites (tertiary alicyclic amines) is 1. The van der Waals surface area contributed by atoms with Crippen molar-refractivity contribution in [3.63, 3.8) is 0 Å². The Morgan fingerprint density at radius 2 is 1.38 bits per heavy atom. The van der Waals surface area contributed by atoms with Crippen molar-refractivity contribution in [2.24, 2.45) is 5.41 Å². The first kappa shape index (κ1) is 11.9. The number of carbonyl (C=O) groups excluding carboxylic acids is 1. The molecule has 0 N–H and O–H groups in total. The van der Waals surface area contributed by atoms with Gasteiger partial charge in [-0.25, -0.2) is 0 Å². The third-order valence-electron chi connectivity index (χ3n) is 4.37. The molecule has 1 aliphatic heterocycles. The van der Waals surface area contributed by atoms with E-state index in [9.17, 15) is 4.79 Å². The van der Waals surface area contributed by atoms with Crippen molar-refractivity contribution >= 4 is 5.91 Å². The van der Waals surface area contributed by atoms with Crippen LogP contribution >= 0.6 is 0 Å². The minimum atomic E-state index is -0.0252. The maximum Gasteiger partial charge on any atom is 0.228 e. The largest absolute Gasteiger partial charge is 0.342 e. The van der Waals surface area contributed by atoms with Crippen LogP contribution in [0.2, 0.25) is 0 Å². The smallest absolute Gasteiger partial charge is 0.228 e. The lowest BCUT2D eigenvalue weighted by Crippen LogP contribution is -2.43. The molecule has 2 fully saturated rings. The molecule has 0 aromatic heterocycles. The summed E-state index contributed by atoms with van der Waals surface area (Å²) in [7, 11) is 0.